The lowest BCUT2D eigenvalue weighted by Gasteiger charge is -2.09. The molecule has 1 N–H and O–H groups in total. The third-order valence-electron chi connectivity index (χ3n) is 2.50. The molecule has 17 heavy (non-hydrogen) atoms. The molecule has 92 valence electrons. The summed E-state index contributed by atoms with van der Waals surface area (Å²) in [6.45, 7) is 7.15. The molecule has 1 aromatic heterocycles. The van der Waals surface area contributed by atoms with Crippen LogP contribution in [0.4, 0.5) is 5.95 Å². The Balaban J connectivity index is 2.50. The second kappa shape index (κ2) is 6.90. The second-order valence-electron chi connectivity index (χ2n) is 4.50. The highest BCUT2D eigenvalue weighted by Gasteiger charge is 2.04. The number of nitrogens with one attached hydrogen (secondary N) is 1. The first-order valence-corrected chi connectivity index (χ1v) is 6.16. The summed E-state index contributed by atoms with van der Waals surface area (Å²) in [5, 5.41) is 3.25. The standard InChI is InChI=1S/C14H21N3/c1-5-6-7-8-9-15-14-16-12(4)10-13(17-14)11(2)3/h1,10-11H,6-9H2,2-4H3,(H,15,16,17). The number of aryl methyl sites for hydroxylation is 1. The Morgan fingerprint density at radius 2 is 2.12 bits per heavy atom. The van der Waals surface area contributed by atoms with Gasteiger partial charge in [0.2, 0.25) is 5.95 Å². The summed E-state index contributed by atoms with van der Waals surface area (Å²) in [4.78, 5) is 8.86. The third-order valence-corrected chi connectivity index (χ3v) is 2.50. The van der Waals surface area contributed by atoms with E-state index in [2.05, 4.69) is 35.1 Å². The highest BCUT2D eigenvalue weighted by molar-refractivity contribution is 5.28. The number of hydrogen-bond acceptors (Lipinski definition) is 3. The molecule has 0 unspecified atom stereocenters. The van der Waals surface area contributed by atoms with Crippen molar-refractivity contribution in [3.63, 3.8) is 0 Å². The minimum Gasteiger partial charge on any atom is -0.354 e. The Morgan fingerprint density at radius 1 is 1.35 bits per heavy atom. The molecule has 3 heteroatoms. The van der Waals surface area contributed by atoms with Crippen molar-refractivity contribution in [1.29, 1.82) is 0 Å². The van der Waals surface area contributed by atoms with Gasteiger partial charge in [-0.1, -0.05) is 13.8 Å². The maximum atomic E-state index is 5.20. The van der Waals surface area contributed by atoms with Gasteiger partial charge in [0.05, 0.1) is 0 Å². The van der Waals surface area contributed by atoms with E-state index in [1.807, 2.05) is 13.0 Å². The van der Waals surface area contributed by atoms with Gasteiger partial charge in [0, 0.05) is 24.4 Å². The van der Waals surface area contributed by atoms with Crippen LogP contribution in [0.2, 0.25) is 0 Å². The molecule has 0 saturated carbocycles. The summed E-state index contributed by atoms with van der Waals surface area (Å²) < 4.78 is 0. The van der Waals surface area contributed by atoms with Crippen LogP contribution in [0.5, 0.6) is 0 Å². The Morgan fingerprint density at radius 3 is 2.76 bits per heavy atom. The van der Waals surface area contributed by atoms with Gasteiger partial charge in [0.25, 0.3) is 0 Å². The van der Waals surface area contributed by atoms with Crippen LogP contribution in [-0.2, 0) is 0 Å². The summed E-state index contributed by atoms with van der Waals surface area (Å²) in [5.74, 6) is 3.80. The van der Waals surface area contributed by atoms with E-state index < -0.39 is 0 Å². The molecule has 0 fully saturated rings. The van der Waals surface area contributed by atoms with Crippen LogP contribution in [0, 0.1) is 19.3 Å². The van der Waals surface area contributed by atoms with Gasteiger partial charge < -0.3 is 5.32 Å². The van der Waals surface area contributed by atoms with Crippen LogP contribution in [0.15, 0.2) is 6.07 Å². The van der Waals surface area contributed by atoms with Crippen molar-refractivity contribution in [1.82, 2.24) is 9.97 Å². The van der Waals surface area contributed by atoms with Crippen LogP contribution in [0.1, 0.15) is 50.4 Å². The third kappa shape index (κ3) is 4.86. The van der Waals surface area contributed by atoms with E-state index in [9.17, 15) is 0 Å². The van der Waals surface area contributed by atoms with Gasteiger partial charge in [-0.15, -0.1) is 12.3 Å². The average molecular weight is 231 g/mol. The lowest BCUT2D eigenvalue weighted by molar-refractivity contribution is 0.773. The molecule has 0 aromatic carbocycles. The van der Waals surface area contributed by atoms with Gasteiger partial charge in [-0.3, -0.25) is 0 Å². The quantitative estimate of drug-likeness (QED) is 0.604. The summed E-state index contributed by atoms with van der Waals surface area (Å²) in [5.41, 5.74) is 2.10. The van der Waals surface area contributed by atoms with Crippen LogP contribution in [-0.4, -0.2) is 16.5 Å². The maximum Gasteiger partial charge on any atom is 0.223 e. The van der Waals surface area contributed by atoms with Gasteiger partial charge in [0.1, 0.15) is 0 Å². The Hall–Kier alpha value is -1.56. The molecule has 0 saturated heterocycles. The molecule has 1 heterocycles. The van der Waals surface area contributed by atoms with Crippen LogP contribution in [0.25, 0.3) is 0 Å². The summed E-state index contributed by atoms with van der Waals surface area (Å²) in [7, 11) is 0. The molecular formula is C14H21N3. The zero-order chi connectivity index (χ0) is 12.7. The second-order valence-corrected chi connectivity index (χ2v) is 4.50. The van der Waals surface area contributed by atoms with E-state index in [0.29, 0.717) is 5.92 Å². The molecule has 1 rings (SSSR count). The predicted octanol–water partition coefficient (Wildman–Crippen LogP) is 3.12. The first-order valence-electron chi connectivity index (χ1n) is 6.16. The monoisotopic (exact) mass is 231 g/mol. The number of rotatable bonds is 6. The number of aromatic nitrogens is 2. The van der Waals surface area contributed by atoms with Crippen molar-refractivity contribution in [2.45, 2.75) is 46.0 Å². The van der Waals surface area contributed by atoms with Crippen LogP contribution >= 0.6 is 0 Å². The van der Waals surface area contributed by atoms with Gasteiger partial charge in [0.15, 0.2) is 0 Å². The number of nitrogens with zero attached hydrogens (tertiary/aromatic N) is 2. The molecule has 0 aliphatic rings. The highest BCUT2D eigenvalue weighted by atomic mass is 15.1. The first kappa shape index (κ1) is 13.5. The van der Waals surface area contributed by atoms with Crippen molar-refractivity contribution in [2.75, 3.05) is 11.9 Å². The summed E-state index contributed by atoms with van der Waals surface area (Å²) in [6, 6.07) is 2.04. The summed E-state index contributed by atoms with van der Waals surface area (Å²) in [6.07, 6.45) is 8.14. The SMILES string of the molecule is C#CCCCCNc1nc(C)cc(C(C)C)n1. The molecule has 0 aliphatic carbocycles. The minimum absolute atomic E-state index is 0.429. The van der Waals surface area contributed by atoms with E-state index in [4.69, 9.17) is 6.42 Å². The number of anilines is 1. The Bertz CT molecular complexity index is 391. The molecule has 1 aromatic rings. The molecular weight excluding hydrogens is 210 g/mol. The van der Waals surface area contributed by atoms with E-state index in [0.717, 1.165) is 43.1 Å². The fourth-order valence-corrected chi connectivity index (χ4v) is 1.52. The first-order chi connectivity index (χ1) is 8.13. The molecule has 0 bridgehead atoms. The average Bonchev–Trinajstić information content (AvgIpc) is 2.28. The molecule has 3 nitrogen and oxygen atoms in total. The zero-order valence-corrected chi connectivity index (χ0v) is 11.0. The lowest BCUT2D eigenvalue weighted by Crippen LogP contribution is -2.08. The van der Waals surface area contributed by atoms with Crippen molar-refractivity contribution in [3.8, 4) is 12.3 Å². The van der Waals surface area contributed by atoms with E-state index in [1.54, 1.807) is 0 Å². The maximum absolute atomic E-state index is 5.20. The van der Waals surface area contributed by atoms with Crippen molar-refractivity contribution >= 4 is 5.95 Å². The highest BCUT2D eigenvalue weighted by Crippen LogP contribution is 2.14. The van der Waals surface area contributed by atoms with Crippen molar-refractivity contribution in [2.24, 2.45) is 0 Å². The lowest BCUT2D eigenvalue weighted by atomic mass is 10.1. The van der Waals surface area contributed by atoms with Gasteiger partial charge in [-0.2, -0.15) is 0 Å². The van der Waals surface area contributed by atoms with Gasteiger partial charge in [-0.05, 0) is 31.7 Å². The van der Waals surface area contributed by atoms with Crippen molar-refractivity contribution in [3.05, 3.63) is 17.5 Å². The molecule has 0 atom stereocenters. The van der Waals surface area contributed by atoms with Gasteiger partial charge in [-0.25, -0.2) is 9.97 Å². The molecule has 0 amide bonds. The van der Waals surface area contributed by atoms with Crippen molar-refractivity contribution < 1.29 is 0 Å². The normalized spacial score (nSPS) is 10.3. The van der Waals surface area contributed by atoms with E-state index in [-0.39, 0.29) is 0 Å². The fraction of sp³-hybridized carbons (Fsp3) is 0.571. The Labute approximate surface area is 104 Å². The van der Waals surface area contributed by atoms with Crippen LogP contribution in [0.3, 0.4) is 0 Å². The molecule has 0 aliphatic heterocycles. The van der Waals surface area contributed by atoms with E-state index in [1.165, 1.54) is 0 Å². The number of hydrogen-bond donors (Lipinski definition) is 1. The minimum atomic E-state index is 0.429. The molecule has 0 spiro atoms. The number of terminal acetylenes is 1. The predicted molar refractivity (Wildman–Crippen MR) is 72.0 cm³/mol. The zero-order valence-electron chi connectivity index (χ0n) is 11.0. The van der Waals surface area contributed by atoms with E-state index >= 15 is 0 Å². The topological polar surface area (TPSA) is 37.8 Å². The van der Waals surface area contributed by atoms with Gasteiger partial charge >= 0.3 is 0 Å². The fourth-order valence-electron chi connectivity index (χ4n) is 1.52. The molecule has 0 radical (unpaired) electrons. The Kier molecular flexibility index (Phi) is 5.48. The smallest absolute Gasteiger partial charge is 0.223 e. The largest absolute Gasteiger partial charge is 0.354 e. The van der Waals surface area contributed by atoms with Crippen LogP contribution < -0.4 is 5.32 Å². The number of unbranched alkanes of at least 4 members (excludes halogenated alkanes) is 2. The summed E-state index contributed by atoms with van der Waals surface area (Å²) >= 11 is 0.